The molecule has 3 unspecified atom stereocenters. The summed E-state index contributed by atoms with van der Waals surface area (Å²) >= 11 is 0. The van der Waals surface area contributed by atoms with E-state index in [1.807, 2.05) is 6.92 Å². The van der Waals surface area contributed by atoms with Gasteiger partial charge in [-0.2, -0.15) is 0 Å². The number of carboxylic acids is 1. The monoisotopic (exact) mass is 228 g/mol. The van der Waals surface area contributed by atoms with Gasteiger partial charge in [-0.3, -0.25) is 4.79 Å². The van der Waals surface area contributed by atoms with Gasteiger partial charge in [-0.25, -0.2) is 0 Å². The van der Waals surface area contributed by atoms with Crippen molar-refractivity contribution < 1.29 is 15.0 Å². The first-order chi connectivity index (χ1) is 7.20. The molecule has 0 bridgehead atoms. The van der Waals surface area contributed by atoms with Crippen molar-refractivity contribution in [2.75, 3.05) is 0 Å². The highest BCUT2D eigenvalue weighted by molar-refractivity contribution is 5.71. The van der Waals surface area contributed by atoms with Crippen LogP contribution in [0.25, 0.3) is 0 Å². The fourth-order valence-electron chi connectivity index (χ4n) is 3.64. The Hall–Kier alpha value is -0.570. The molecule has 1 rings (SSSR count). The van der Waals surface area contributed by atoms with Crippen LogP contribution in [0.5, 0.6) is 0 Å². The summed E-state index contributed by atoms with van der Waals surface area (Å²) in [6, 6.07) is 0. The smallest absolute Gasteiger partial charge is 0.309 e. The predicted octanol–water partition coefficient (Wildman–Crippen LogP) is 2.67. The third-order valence-corrected chi connectivity index (χ3v) is 3.74. The highest BCUT2D eigenvalue weighted by atomic mass is 16.4. The molecule has 0 spiro atoms. The number of hydrogen-bond acceptors (Lipinski definition) is 2. The summed E-state index contributed by atoms with van der Waals surface area (Å²) in [6.07, 6.45) is 2.76. The average Bonchev–Trinajstić information content (AvgIpc) is 1.97. The fourth-order valence-corrected chi connectivity index (χ4v) is 3.64. The van der Waals surface area contributed by atoms with E-state index in [4.69, 9.17) is 0 Å². The summed E-state index contributed by atoms with van der Waals surface area (Å²) in [5, 5.41) is 19.8. The molecule has 1 fully saturated rings. The molecule has 0 aromatic heterocycles. The second kappa shape index (κ2) is 4.36. The van der Waals surface area contributed by atoms with Gasteiger partial charge in [-0.05, 0) is 37.0 Å². The number of carbonyl (C=O) groups is 1. The first kappa shape index (κ1) is 13.5. The molecule has 94 valence electrons. The maximum absolute atomic E-state index is 11.2. The minimum Gasteiger partial charge on any atom is -0.481 e. The molecule has 1 aliphatic carbocycles. The predicted molar refractivity (Wildman–Crippen MR) is 63.2 cm³/mol. The zero-order chi connectivity index (χ0) is 12.6. The molecule has 0 heterocycles. The molecule has 1 aliphatic rings. The van der Waals surface area contributed by atoms with Crippen molar-refractivity contribution >= 4 is 5.97 Å². The number of hydrogen-bond donors (Lipinski definition) is 2. The third kappa shape index (κ3) is 2.76. The zero-order valence-electron chi connectivity index (χ0n) is 10.8. The van der Waals surface area contributed by atoms with Crippen LogP contribution in [0.4, 0.5) is 0 Å². The Morgan fingerprint density at radius 1 is 1.44 bits per heavy atom. The van der Waals surface area contributed by atoms with E-state index in [1.54, 1.807) is 0 Å². The molecule has 3 heteroatoms. The van der Waals surface area contributed by atoms with Crippen LogP contribution >= 0.6 is 0 Å². The number of aliphatic hydroxyl groups is 1. The third-order valence-electron chi connectivity index (χ3n) is 3.74. The highest BCUT2D eigenvalue weighted by Gasteiger charge is 2.48. The van der Waals surface area contributed by atoms with Gasteiger partial charge in [-0.15, -0.1) is 0 Å². The van der Waals surface area contributed by atoms with Crippen LogP contribution in [0.1, 0.15) is 53.4 Å². The van der Waals surface area contributed by atoms with E-state index in [0.29, 0.717) is 25.2 Å². The molecular formula is C13H24O3. The summed E-state index contributed by atoms with van der Waals surface area (Å²) in [6.45, 7) is 8.16. The van der Waals surface area contributed by atoms with Crippen LogP contribution in [0, 0.1) is 17.3 Å². The van der Waals surface area contributed by atoms with Gasteiger partial charge in [-0.1, -0.05) is 27.7 Å². The average molecular weight is 228 g/mol. The van der Waals surface area contributed by atoms with Gasteiger partial charge in [0.05, 0.1) is 11.5 Å². The van der Waals surface area contributed by atoms with Crippen LogP contribution in [0.2, 0.25) is 0 Å². The lowest BCUT2D eigenvalue weighted by atomic mass is 9.61. The van der Waals surface area contributed by atoms with Crippen molar-refractivity contribution in [3.8, 4) is 0 Å². The summed E-state index contributed by atoms with van der Waals surface area (Å²) in [5.74, 6) is -1.11. The molecule has 2 N–H and O–H groups in total. The van der Waals surface area contributed by atoms with Crippen LogP contribution in [0.15, 0.2) is 0 Å². The topological polar surface area (TPSA) is 57.5 Å². The second-order valence-electron chi connectivity index (χ2n) is 6.26. The quantitative estimate of drug-likeness (QED) is 0.780. The first-order valence-electron chi connectivity index (χ1n) is 6.15. The maximum Gasteiger partial charge on any atom is 0.309 e. The van der Waals surface area contributed by atoms with E-state index in [0.717, 1.165) is 6.42 Å². The van der Waals surface area contributed by atoms with Gasteiger partial charge in [0.15, 0.2) is 0 Å². The van der Waals surface area contributed by atoms with Crippen molar-refractivity contribution in [3.63, 3.8) is 0 Å². The van der Waals surface area contributed by atoms with Crippen LogP contribution in [-0.4, -0.2) is 21.8 Å². The standard InChI is InChI=1S/C13H24O3/c1-5-10(11(14)15)13(16)7-9(2)6-12(3,4)8-13/h9-10,16H,5-8H2,1-4H3,(H,14,15). The Morgan fingerprint density at radius 2 is 2.00 bits per heavy atom. The van der Waals surface area contributed by atoms with Gasteiger partial charge >= 0.3 is 5.97 Å². The van der Waals surface area contributed by atoms with E-state index in [-0.39, 0.29) is 5.41 Å². The van der Waals surface area contributed by atoms with Crippen molar-refractivity contribution in [1.29, 1.82) is 0 Å². The van der Waals surface area contributed by atoms with Crippen molar-refractivity contribution in [2.24, 2.45) is 17.3 Å². The van der Waals surface area contributed by atoms with Gasteiger partial charge in [0.25, 0.3) is 0 Å². The van der Waals surface area contributed by atoms with E-state index in [9.17, 15) is 15.0 Å². The Balaban J connectivity index is 2.94. The second-order valence-corrected chi connectivity index (χ2v) is 6.26. The van der Waals surface area contributed by atoms with Crippen LogP contribution in [-0.2, 0) is 4.79 Å². The van der Waals surface area contributed by atoms with E-state index < -0.39 is 17.5 Å². The Kier molecular flexibility index (Phi) is 3.68. The molecule has 3 nitrogen and oxygen atoms in total. The van der Waals surface area contributed by atoms with Gasteiger partial charge in [0, 0.05) is 0 Å². The lowest BCUT2D eigenvalue weighted by molar-refractivity contribution is -0.161. The molecule has 3 atom stereocenters. The van der Waals surface area contributed by atoms with Crippen molar-refractivity contribution in [1.82, 2.24) is 0 Å². The first-order valence-corrected chi connectivity index (χ1v) is 6.15. The summed E-state index contributed by atoms with van der Waals surface area (Å²) in [4.78, 5) is 11.2. The molecular weight excluding hydrogens is 204 g/mol. The normalized spacial score (nSPS) is 35.7. The van der Waals surface area contributed by atoms with Gasteiger partial charge in [0.2, 0.25) is 0 Å². The SMILES string of the molecule is CCC(C(=O)O)C1(O)CC(C)CC(C)(C)C1. The molecule has 0 radical (unpaired) electrons. The molecule has 0 amide bonds. The Morgan fingerprint density at radius 3 is 2.38 bits per heavy atom. The van der Waals surface area contributed by atoms with E-state index in [2.05, 4.69) is 20.8 Å². The lowest BCUT2D eigenvalue weighted by Crippen LogP contribution is -2.50. The lowest BCUT2D eigenvalue weighted by Gasteiger charge is -2.47. The largest absolute Gasteiger partial charge is 0.481 e. The Labute approximate surface area is 97.9 Å². The number of aliphatic carboxylic acids is 1. The molecule has 1 saturated carbocycles. The highest BCUT2D eigenvalue weighted by Crippen LogP contribution is 2.47. The minimum atomic E-state index is -1.03. The summed E-state index contributed by atoms with van der Waals surface area (Å²) in [7, 11) is 0. The fraction of sp³-hybridized carbons (Fsp3) is 0.923. The van der Waals surface area contributed by atoms with Crippen molar-refractivity contribution in [2.45, 2.75) is 59.0 Å². The maximum atomic E-state index is 11.2. The number of carboxylic acid groups (broad SMARTS) is 1. The van der Waals surface area contributed by atoms with Gasteiger partial charge < -0.3 is 10.2 Å². The van der Waals surface area contributed by atoms with E-state index >= 15 is 0 Å². The van der Waals surface area contributed by atoms with Gasteiger partial charge in [0.1, 0.15) is 0 Å². The Bertz CT molecular complexity index is 272. The minimum absolute atomic E-state index is 0.0370. The zero-order valence-corrected chi connectivity index (χ0v) is 10.8. The molecule has 0 aromatic rings. The molecule has 0 aliphatic heterocycles. The van der Waals surface area contributed by atoms with Crippen LogP contribution < -0.4 is 0 Å². The molecule has 0 aromatic carbocycles. The van der Waals surface area contributed by atoms with E-state index in [1.165, 1.54) is 0 Å². The summed E-state index contributed by atoms with van der Waals surface area (Å²) in [5.41, 5.74) is -0.989. The van der Waals surface area contributed by atoms with Crippen molar-refractivity contribution in [3.05, 3.63) is 0 Å². The van der Waals surface area contributed by atoms with Crippen LogP contribution in [0.3, 0.4) is 0 Å². The number of rotatable bonds is 3. The molecule has 16 heavy (non-hydrogen) atoms. The molecule has 0 saturated heterocycles. The summed E-state index contributed by atoms with van der Waals surface area (Å²) < 4.78 is 0.